The molecule has 1 aliphatic heterocycles. The van der Waals surface area contributed by atoms with Crippen LogP contribution in [0.1, 0.15) is 50.4 Å². The highest BCUT2D eigenvalue weighted by molar-refractivity contribution is 7.10. The molecular weight excluding hydrogens is 368 g/mol. The Kier molecular flexibility index (Phi) is 3.98. The highest BCUT2D eigenvalue weighted by Gasteiger charge is 2.46. The number of carbonyl (C=O) groups excluding carboxylic acids is 2. The van der Waals surface area contributed by atoms with E-state index in [-0.39, 0.29) is 29.1 Å². The molecule has 1 N–H and O–H groups in total. The van der Waals surface area contributed by atoms with Crippen molar-refractivity contribution >= 4 is 34.4 Å². The van der Waals surface area contributed by atoms with Crippen LogP contribution in [0, 0.1) is 11.3 Å². The topological polar surface area (TPSA) is 49.4 Å². The first-order valence-electron chi connectivity index (χ1n) is 9.93. The fourth-order valence-electron chi connectivity index (χ4n) is 4.47. The molecule has 1 fully saturated rings. The first-order valence-corrected chi connectivity index (χ1v) is 10.8. The van der Waals surface area contributed by atoms with Gasteiger partial charge in [0, 0.05) is 28.5 Å². The van der Waals surface area contributed by atoms with E-state index >= 15 is 0 Å². The molecule has 0 saturated heterocycles. The molecule has 5 heteroatoms. The summed E-state index contributed by atoms with van der Waals surface area (Å²) < 4.78 is 0. The number of para-hydroxylation sites is 2. The Morgan fingerprint density at radius 1 is 1.14 bits per heavy atom. The number of anilines is 2. The highest BCUT2D eigenvalue weighted by atomic mass is 32.1. The van der Waals surface area contributed by atoms with Crippen molar-refractivity contribution in [3.05, 3.63) is 57.9 Å². The van der Waals surface area contributed by atoms with Gasteiger partial charge in [-0.3, -0.25) is 14.5 Å². The molecule has 1 atom stereocenters. The Balaban J connectivity index is 1.76. The number of allylic oxidation sites excluding steroid dienone is 1. The van der Waals surface area contributed by atoms with E-state index in [1.807, 2.05) is 46.7 Å². The van der Waals surface area contributed by atoms with Crippen LogP contribution in [0.5, 0.6) is 0 Å². The van der Waals surface area contributed by atoms with Crippen LogP contribution in [0.4, 0.5) is 11.4 Å². The van der Waals surface area contributed by atoms with Gasteiger partial charge in [0.05, 0.1) is 11.4 Å². The summed E-state index contributed by atoms with van der Waals surface area (Å²) in [4.78, 5) is 29.8. The maximum atomic E-state index is 13.5. The van der Waals surface area contributed by atoms with Crippen LogP contribution in [0.25, 0.3) is 0 Å². The molecule has 5 rings (SSSR count). The van der Waals surface area contributed by atoms with Crippen molar-refractivity contribution in [2.45, 2.75) is 45.6 Å². The van der Waals surface area contributed by atoms with E-state index in [0.717, 1.165) is 46.8 Å². The SMILES string of the molecule is CC1(C)CC(=O)C2=C(C1)Nc1ccccc1N(C(=O)C1CC1)[C@H]2c1cccs1. The quantitative estimate of drug-likeness (QED) is 0.754. The van der Waals surface area contributed by atoms with Crippen molar-refractivity contribution in [3.8, 4) is 0 Å². The molecule has 4 nitrogen and oxygen atoms in total. The van der Waals surface area contributed by atoms with Gasteiger partial charge in [-0.15, -0.1) is 11.3 Å². The van der Waals surface area contributed by atoms with Crippen molar-refractivity contribution in [2.24, 2.45) is 11.3 Å². The lowest BCUT2D eigenvalue weighted by Crippen LogP contribution is -2.39. The summed E-state index contributed by atoms with van der Waals surface area (Å²) in [5.74, 6) is 0.366. The molecule has 0 radical (unpaired) electrons. The summed E-state index contributed by atoms with van der Waals surface area (Å²) in [6.07, 6.45) is 3.19. The minimum Gasteiger partial charge on any atom is -0.357 e. The second-order valence-electron chi connectivity index (χ2n) is 8.88. The molecule has 1 amide bonds. The van der Waals surface area contributed by atoms with Gasteiger partial charge < -0.3 is 5.32 Å². The summed E-state index contributed by atoms with van der Waals surface area (Å²) in [7, 11) is 0. The van der Waals surface area contributed by atoms with Gasteiger partial charge in [0.15, 0.2) is 5.78 Å². The maximum absolute atomic E-state index is 13.5. The molecular formula is C23H24N2O2S. The summed E-state index contributed by atoms with van der Waals surface area (Å²) in [6, 6.07) is 11.7. The molecule has 1 saturated carbocycles. The van der Waals surface area contributed by atoms with Crippen LogP contribution in [0.3, 0.4) is 0 Å². The fourth-order valence-corrected chi connectivity index (χ4v) is 5.30. The fraction of sp³-hybridized carbons (Fsp3) is 0.391. The second kappa shape index (κ2) is 6.31. The van der Waals surface area contributed by atoms with Gasteiger partial charge in [-0.05, 0) is 48.3 Å². The number of amides is 1. The summed E-state index contributed by atoms with van der Waals surface area (Å²) in [5.41, 5.74) is 3.43. The van der Waals surface area contributed by atoms with Crippen molar-refractivity contribution in [3.63, 3.8) is 0 Å². The summed E-state index contributed by atoms with van der Waals surface area (Å²) in [5, 5.41) is 5.58. The molecule has 2 heterocycles. The number of nitrogens with zero attached hydrogens (tertiary/aromatic N) is 1. The standard InChI is InChI=1S/C23H24N2O2S/c1-23(2)12-16-20(18(26)13-23)21(19-8-5-11-28-19)25(22(27)14-9-10-14)17-7-4-3-6-15(17)24-16/h3-8,11,14,21,24H,9-10,12-13H2,1-2H3/t21-/m0/s1. The van der Waals surface area contributed by atoms with E-state index in [1.165, 1.54) is 0 Å². The summed E-state index contributed by atoms with van der Waals surface area (Å²) >= 11 is 1.62. The van der Waals surface area contributed by atoms with E-state index in [0.29, 0.717) is 6.42 Å². The number of rotatable bonds is 2. The van der Waals surface area contributed by atoms with Gasteiger partial charge in [-0.2, -0.15) is 0 Å². The number of Topliss-reactive ketones (excluding diaryl/α,β-unsaturated/α-hetero) is 1. The second-order valence-corrected chi connectivity index (χ2v) is 9.86. The number of benzene rings is 1. The molecule has 28 heavy (non-hydrogen) atoms. The average molecular weight is 393 g/mol. The van der Waals surface area contributed by atoms with Crippen LogP contribution in [-0.2, 0) is 9.59 Å². The Labute approximate surface area is 169 Å². The van der Waals surface area contributed by atoms with E-state index in [1.54, 1.807) is 11.3 Å². The minimum absolute atomic E-state index is 0.0767. The molecule has 0 spiro atoms. The van der Waals surface area contributed by atoms with E-state index in [9.17, 15) is 9.59 Å². The third-order valence-electron chi connectivity index (χ3n) is 5.88. The number of nitrogens with one attached hydrogen (secondary N) is 1. The monoisotopic (exact) mass is 392 g/mol. The molecule has 3 aliphatic rings. The van der Waals surface area contributed by atoms with Crippen molar-refractivity contribution in [1.29, 1.82) is 0 Å². The lowest BCUT2D eigenvalue weighted by molar-refractivity contribution is -0.120. The van der Waals surface area contributed by atoms with Gasteiger partial charge in [0.25, 0.3) is 0 Å². The predicted octanol–water partition coefficient (Wildman–Crippen LogP) is 5.30. The van der Waals surface area contributed by atoms with Gasteiger partial charge in [-0.1, -0.05) is 32.0 Å². The van der Waals surface area contributed by atoms with Crippen LogP contribution >= 0.6 is 11.3 Å². The number of hydrogen-bond donors (Lipinski definition) is 1. The zero-order valence-electron chi connectivity index (χ0n) is 16.2. The predicted molar refractivity (Wildman–Crippen MR) is 112 cm³/mol. The zero-order valence-corrected chi connectivity index (χ0v) is 17.0. The van der Waals surface area contributed by atoms with Crippen LogP contribution in [0.15, 0.2) is 53.0 Å². The minimum atomic E-state index is -0.345. The number of carbonyl (C=O) groups is 2. The van der Waals surface area contributed by atoms with Crippen LogP contribution in [-0.4, -0.2) is 11.7 Å². The highest BCUT2D eigenvalue weighted by Crippen LogP contribution is 2.50. The van der Waals surface area contributed by atoms with E-state index in [4.69, 9.17) is 0 Å². The molecule has 2 aromatic rings. The molecule has 1 aromatic heterocycles. The molecule has 1 aromatic carbocycles. The number of thiophene rings is 1. The first-order chi connectivity index (χ1) is 13.4. The smallest absolute Gasteiger partial charge is 0.231 e. The number of ketones is 1. The van der Waals surface area contributed by atoms with Crippen LogP contribution in [0.2, 0.25) is 0 Å². The average Bonchev–Trinajstić information content (AvgIpc) is 3.37. The Bertz CT molecular complexity index is 986. The van der Waals surface area contributed by atoms with Crippen molar-refractivity contribution in [2.75, 3.05) is 10.2 Å². The maximum Gasteiger partial charge on any atom is 0.231 e. The van der Waals surface area contributed by atoms with Crippen molar-refractivity contribution in [1.82, 2.24) is 0 Å². The van der Waals surface area contributed by atoms with Crippen molar-refractivity contribution < 1.29 is 9.59 Å². The molecule has 144 valence electrons. The Hall–Kier alpha value is -2.40. The largest absolute Gasteiger partial charge is 0.357 e. The normalized spacial score (nSPS) is 23.6. The lowest BCUT2D eigenvalue weighted by Gasteiger charge is -2.36. The molecule has 0 unspecified atom stereocenters. The van der Waals surface area contributed by atoms with Gasteiger partial charge in [0.1, 0.15) is 6.04 Å². The molecule has 0 bridgehead atoms. The third-order valence-corrected chi connectivity index (χ3v) is 6.80. The van der Waals surface area contributed by atoms with Gasteiger partial charge in [-0.25, -0.2) is 0 Å². The number of hydrogen-bond acceptors (Lipinski definition) is 4. The Morgan fingerprint density at radius 2 is 1.93 bits per heavy atom. The molecule has 2 aliphatic carbocycles. The number of fused-ring (bicyclic) bond motifs is 1. The summed E-state index contributed by atoms with van der Waals surface area (Å²) in [6.45, 7) is 4.28. The van der Waals surface area contributed by atoms with Crippen LogP contribution < -0.4 is 10.2 Å². The van der Waals surface area contributed by atoms with E-state index in [2.05, 4.69) is 19.2 Å². The Morgan fingerprint density at radius 3 is 2.64 bits per heavy atom. The van der Waals surface area contributed by atoms with Gasteiger partial charge in [0.2, 0.25) is 5.91 Å². The van der Waals surface area contributed by atoms with E-state index < -0.39 is 0 Å². The lowest BCUT2D eigenvalue weighted by atomic mass is 9.74. The first kappa shape index (κ1) is 17.7. The third kappa shape index (κ3) is 2.89. The van der Waals surface area contributed by atoms with Gasteiger partial charge >= 0.3 is 0 Å². The zero-order chi connectivity index (χ0) is 19.5.